The molecule has 0 aliphatic heterocycles. The number of H-pyrrole nitrogens is 1. The maximum atomic E-state index is 12.3. The van der Waals surface area contributed by atoms with Crippen molar-refractivity contribution in [2.24, 2.45) is 0 Å². The molecule has 0 spiro atoms. The zero-order valence-corrected chi connectivity index (χ0v) is 12.9. The van der Waals surface area contributed by atoms with Gasteiger partial charge in [0, 0.05) is 36.3 Å². The Morgan fingerprint density at radius 3 is 2.54 bits per heavy atom. The van der Waals surface area contributed by atoms with Gasteiger partial charge in [0.2, 0.25) is 5.91 Å². The number of benzene rings is 1. The molecule has 0 saturated carbocycles. The molecule has 24 heavy (non-hydrogen) atoms. The van der Waals surface area contributed by atoms with Crippen LogP contribution >= 0.6 is 0 Å². The highest BCUT2D eigenvalue weighted by Gasteiger charge is 2.11. The molecule has 0 aliphatic rings. The molecule has 3 N–H and O–H groups in total. The maximum absolute atomic E-state index is 12.3. The van der Waals surface area contributed by atoms with Crippen LogP contribution in [-0.2, 0) is 4.79 Å². The Kier molecular flexibility index (Phi) is 4.33. The predicted octanol–water partition coefficient (Wildman–Crippen LogP) is 2.68. The Hall–Kier alpha value is -3.48. The minimum absolute atomic E-state index is 0.173. The summed E-state index contributed by atoms with van der Waals surface area (Å²) >= 11 is 0. The molecule has 3 rings (SSSR count). The van der Waals surface area contributed by atoms with Crippen LogP contribution in [0.1, 0.15) is 17.4 Å². The Balaban J connectivity index is 1.74. The average molecular weight is 321 g/mol. The van der Waals surface area contributed by atoms with E-state index in [2.05, 4.69) is 25.8 Å². The van der Waals surface area contributed by atoms with Crippen molar-refractivity contribution in [2.45, 2.75) is 6.92 Å². The summed E-state index contributed by atoms with van der Waals surface area (Å²) in [6.45, 7) is 1.43. The second-order valence-electron chi connectivity index (χ2n) is 5.12. The highest BCUT2D eigenvalue weighted by Crippen LogP contribution is 2.18. The van der Waals surface area contributed by atoms with Crippen molar-refractivity contribution >= 4 is 23.2 Å². The zero-order valence-electron chi connectivity index (χ0n) is 12.9. The van der Waals surface area contributed by atoms with E-state index in [0.717, 1.165) is 5.56 Å². The summed E-state index contributed by atoms with van der Waals surface area (Å²) in [6.07, 6.45) is 3.35. The number of amides is 2. The molecular formula is C17H15N5O2. The molecule has 7 heteroatoms. The molecule has 0 saturated heterocycles. The fourth-order valence-corrected chi connectivity index (χ4v) is 2.18. The Morgan fingerprint density at radius 2 is 1.83 bits per heavy atom. The van der Waals surface area contributed by atoms with Crippen LogP contribution < -0.4 is 10.6 Å². The molecule has 0 radical (unpaired) electrons. The molecule has 0 unspecified atom stereocenters. The molecule has 0 fully saturated rings. The quantitative estimate of drug-likeness (QED) is 0.688. The Bertz CT molecular complexity index is 873. The lowest BCUT2D eigenvalue weighted by atomic mass is 10.2. The van der Waals surface area contributed by atoms with E-state index < -0.39 is 0 Å². The molecule has 2 aromatic heterocycles. The van der Waals surface area contributed by atoms with Gasteiger partial charge in [0.25, 0.3) is 5.91 Å². The van der Waals surface area contributed by atoms with Gasteiger partial charge in [-0.1, -0.05) is 6.07 Å². The zero-order chi connectivity index (χ0) is 16.9. The first-order chi connectivity index (χ1) is 11.6. The van der Waals surface area contributed by atoms with E-state index >= 15 is 0 Å². The fraction of sp³-hybridized carbons (Fsp3) is 0.0588. The smallest absolute Gasteiger partial charge is 0.273 e. The van der Waals surface area contributed by atoms with E-state index in [1.807, 2.05) is 6.07 Å². The van der Waals surface area contributed by atoms with Gasteiger partial charge in [0.15, 0.2) is 0 Å². The minimum atomic E-state index is -0.322. The van der Waals surface area contributed by atoms with E-state index in [1.54, 1.807) is 48.8 Å². The summed E-state index contributed by atoms with van der Waals surface area (Å²) in [5.74, 6) is -0.495. The molecule has 0 atom stereocenters. The number of pyridine rings is 1. The molecule has 0 bridgehead atoms. The van der Waals surface area contributed by atoms with Gasteiger partial charge in [-0.2, -0.15) is 5.10 Å². The summed E-state index contributed by atoms with van der Waals surface area (Å²) < 4.78 is 0. The molecule has 3 aromatic rings. The first kappa shape index (κ1) is 15.4. The van der Waals surface area contributed by atoms with Crippen molar-refractivity contribution in [3.05, 3.63) is 60.6 Å². The van der Waals surface area contributed by atoms with Gasteiger partial charge >= 0.3 is 0 Å². The number of rotatable bonds is 4. The lowest BCUT2D eigenvalue weighted by molar-refractivity contribution is -0.114. The number of aromatic amines is 1. The summed E-state index contributed by atoms with van der Waals surface area (Å²) in [5.41, 5.74) is 2.98. The number of hydrogen-bond donors (Lipinski definition) is 3. The summed E-state index contributed by atoms with van der Waals surface area (Å²) in [6, 6.07) is 12.2. The maximum Gasteiger partial charge on any atom is 0.273 e. The number of carbonyl (C=O) groups is 2. The fourth-order valence-electron chi connectivity index (χ4n) is 2.18. The second-order valence-corrected chi connectivity index (χ2v) is 5.12. The van der Waals surface area contributed by atoms with Crippen LogP contribution in [0.4, 0.5) is 11.4 Å². The van der Waals surface area contributed by atoms with Crippen LogP contribution in [0, 0.1) is 0 Å². The van der Waals surface area contributed by atoms with Gasteiger partial charge in [-0.15, -0.1) is 0 Å². The third-order valence-electron chi connectivity index (χ3n) is 3.22. The third kappa shape index (κ3) is 3.64. The van der Waals surface area contributed by atoms with Crippen LogP contribution in [0.3, 0.4) is 0 Å². The van der Waals surface area contributed by atoms with Gasteiger partial charge in [-0.3, -0.25) is 19.7 Å². The molecular weight excluding hydrogens is 306 g/mol. The molecule has 2 amide bonds. The number of anilines is 2. The number of hydrogen-bond acceptors (Lipinski definition) is 4. The standard InChI is InChI=1S/C17H15N5O2/c1-11(23)19-13-5-2-6-14(8-13)20-17(24)16-9-15(21-22-16)12-4-3-7-18-10-12/h2-10H,1H3,(H,19,23)(H,20,24)(H,21,22). The highest BCUT2D eigenvalue weighted by molar-refractivity contribution is 6.03. The molecule has 1 aromatic carbocycles. The average Bonchev–Trinajstić information content (AvgIpc) is 3.05. The van der Waals surface area contributed by atoms with E-state index in [0.29, 0.717) is 22.8 Å². The van der Waals surface area contributed by atoms with Gasteiger partial charge in [0.05, 0.1) is 5.69 Å². The number of aromatic nitrogens is 3. The van der Waals surface area contributed by atoms with Gasteiger partial charge in [-0.25, -0.2) is 0 Å². The lowest BCUT2D eigenvalue weighted by Crippen LogP contribution is -2.13. The first-order valence-electron chi connectivity index (χ1n) is 7.26. The van der Waals surface area contributed by atoms with Gasteiger partial charge in [0.1, 0.15) is 5.69 Å². The number of nitrogens with zero attached hydrogens (tertiary/aromatic N) is 2. The van der Waals surface area contributed by atoms with Crippen molar-refractivity contribution in [1.82, 2.24) is 15.2 Å². The SMILES string of the molecule is CC(=O)Nc1cccc(NC(=O)c2cc(-c3cccnc3)n[nH]2)c1. The van der Waals surface area contributed by atoms with Crippen molar-refractivity contribution < 1.29 is 9.59 Å². The molecule has 7 nitrogen and oxygen atoms in total. The summed E-state index contributed by atoms with van der Waals surface area (Å²) in [7, 11) is 0. The van der Waals surface area contributed by atoms with Crippen molar-refractivity contribution in [3.8, 4) is 11.3 Å². The first-order valence-corrected chi connectivity index (χ1v) is 7.26. The van der Waals surface area contributed by atoms with E-state index in [9.17, 15) is 9.59 Å². The molecule has 120 valence electrons. The minimum Gasteiger partial charge on any atom is -0.326 e. The van der Waals surface area contributed by atoms with Crippen molar-refractivity contribution in [3.63, 3.8) is 0 Å². The molecule has 2 heterocycles. The second kappa shape index (κ2) is 6.74. The normalized spacial score (nSPS) is 10.2. The summed E-state index contributed by atoms with van der Waals surface area (Å²) in [4.78, 5) is 27.4. The number of carbonyl (C=O) groups excluding carboxylic acids is 2. The van der Waals surface area contributed by atoms with Crippen LogP contribution in [0.5, 0.6) is 0 Å². The van der Waals surface area contributed by atoms with Crippen molar-refractivity contribution in [2.75, 3.05) is 10.6 Å². The highest BCUT2D eigenvalue weighted by atomic mass is 16.2. The Labute approximate surface area is 138 Å². The number of nitrogens with one attached hydrogen (secondary N) is 3. The van der Waals surface area contributed by atoms with Crippen LogP contribution in [-0.4, -0.2) is 27.0 Å². The monoisotopic (exact) mass is 321 g/mol. The largest absolute Gasteiger partial charge is 0.326 e. The van der Waals surface area contributed by atoms with E-state index in [-0.39, 0.29) is 11.8 Å². The predicted molar refractivity (Wildman–Crippen MR) is 90.5 cm³/mol. The van der Waals surface area contributed by atoms with E-state index in [4.69, 9.17) is 0 Å². The Morgan fingerprint density at radius 1 is 1.04 bits per heavy atom. The third-order valence-corrected chi connectivity index (χ3v) is 3.22. The van der Waals surface area contributed by atoms with Crippen LogP contribution in [0.2, 0.25) is 0 Å². The van der Waals surface area contributed by atoms with Gasteiger partial charge in [-0.05, 0) is 36.4 Å². The molecule has 0 aliphatic carbocycles. The van der Waals surface area contributed by atoms with Gasteiger partial charge < -0.3 is 10.6 Å². The van der Waals surface area contributed by atoms with Crippen LogP contribution in [0.15, 0.2) is 54.9 Å². The summed E-state index contributed by atoms with van der Waals surface area (Å²) in [5, 5.41) is 12.3. The van der Waals surface area contributed by atoms with Crippen LogP contribution in [0.25, 0.3) is 11.3 Å². The lowest BCUT2D eigenvalue weighted by Gasteiger charge is -2.06. The van der Waals surface area contributed by atoms with Crippen molar-refractivity contribution in [1.29, 1.82) is 0 Å². The topological polar surface area (TPSA) is 99.8 Å². The van der Waals surface area contributed by atoms with E-state index in [1.165, 1.54) is 6.92 Å².